The highest BCUT2D eigenvalue weighted by Crippen LogP contribution is 2.04. The quantitative estimate of drug-likeness (QED) is 0.663. The molecule has 54 valence electrons. The number of nitriles is 1. The third kappa shape index (κ3) is 2.48. The molecule has 0 aliphatic heterocycles. The molecule has 0 N–H and O–H groups in total. The molecule has 0 atom stereocenters. The number of nitrogens with zero attached hydrogens (tertiary/aromatic N) is 3. The molecule has 1 aromatic heterocycles. The van der Waals surface area contributed by atoms with Crippen LogP contribution in [0, 0.1) is 11.3 Å². The molecule has 0 aliphatic carbocycles. The van der Waals surface area contributed by atoms with Gasteiger partial charge >= 0.3 is 0 Å². The van der Waals surface area contributed by atoms with Gasteiger partial charge < -0.3 is 0 Å². The molecular formula is C7H4BrN3. The highest BCUT2D eigenvalue weighted by atomic mass is 79.9. The summed E-state index contributed by atoms with van der Waals surface area (Å²) in [6, 6.07) is 1.86. The van der Waals surface area contributed by atoms with Crippen LogP contribution < -0.4 is 0 Å². The van der Waals surface area contributed by atoms with Gasteiger partial charge in [-0.05, 0) is 22.0 Å². The Kier molecular flexibility index (Phi) is 2.75. The number of halogens is 1. The van der Waals surface area contributed by atoms with E-state index in [-0.39, 0.29) is 0 Å². The van der Waals surface area contributed by atoms with Crippen LogP contribution in [-0.2, 0) is 0 Å². The van der Waals surface area contributed by atoms with Crippen LogP contribution in [0.25, 0.3) is 6.08 Å². The van der Waals surface area contributed by atoms with Gasteiger partial charge in [0, 0.05) is 18.5 Å². The molecule has 3 nitrogen and oxygen atoms in total. The van der Waals surface area contributed by atoms with Crippen molar-refractivity contribution in [3.63, 3.8) is 0 Å². The predicted octanol–water partition coefficient (Wildman–Crippen LogP) is 1.78. The molecule has 0 aliphatic rings. The van der Waals surface area contributed by atoms with Gasteiger partial charge in [0.15, 0.2) is 5.82 Å². The van der Waals surface area contributed by atoms with E-state index in [0.717, 1.165) is 4.47 Å². The Morgan fingerprint density at radius 2 is 2.09 bits per heavy atom. The lowest BCUT2D eigenvalue weighted by molar-refractivity contribution is 1.12. The molecule has 1 aromatic rings. The fraction of sp³-hybridized carbons (Fsp3) is 0. The molecule has 0 aromatic carbocycles. The predicted molar refractivity (Wildman–Crippen MR) is 44.4 cm³/mol. The summed E-state index contributed by atoms with van der Waals surface area (Å²) >= 11 is 3.20. The summed E-state index contributed by atoms with van der Waals surface area (Å²) in [5.74, 6) is 0.537. The number of rotatable bonds is 1. The summed E-state index contributed by atoms with van der Waals surface area (Å²) in [6.07, 6.45) is 6.14. The summed E-state index contributed by atoms with van der Waals surface area (Å²) in [5, 5.41) is 8.18. The van der Waals surface area contributed by atoms with Gasteiger partial charge in [-0.1, -0.05) is 0 Å². The molecular weight excluding hydrogens is 206 g/mol. The zero-order valence-electron chi connectivity index (χ0n) is 5.53. The van der Waals surface area contributed by atoms with E-state index < -0.39 is 0 Å². The Labute approximate surface area is 72.5 Å². The minimum atomic E-state index is 0.537. The maximum atomic E-state index is 8.18. The molecule has 11 heavy (non-hydrogen) atoms. The molecule has 0 bridgehead atoms. The highest BCUT2D eigenvalue weighted by Gasteiger charge is 1.88. The second kappa shape index (κ2) is 3.84. The molecule has 0 unspecified atom stereocenters. The van der Waals surface area contributed by atoms with Gasteiger partial charge in [0.1, 0.15) is 0 Å². The molecule has 4 heteroatoms. The lowest BCUT2D eigenvalue weighted by Gasteiger charge is -1.89. The van der Waals surface area contributed by atoms with E-state index in [2.05, 4.69) is 25.9 Å². The molecule has 0 saturated heterocycles. The molecule has 0 fully saturated rings. The van der Waals surface area contributed by atoms with Gasteiger partial charge in [-0.15, -0.1) is 0 Å². The summed E-state index contributed by atoms with van der Waals surface area (Å²) in [5.41, 5.74) is 0. The van der Waals surface area contributed by atoms with E-state index in [4.69, 9.17) is 5.26 Å². The van der Waals surface area contributed by atoms with E-state index >= 15 is 0 Å². The van der Waals surface area contributed by atoms with Crippen LogP contribution in [0.15, 0.2) is 22.9 Å². The SMILES string of the molecule is N#CC=Cc1ncc(Br)cn1. The summed E-state index contributed by atoms with van der Waals surface area (Å²) < 4.78 is 0.826. The molecule has 0 spiro atoms. The van der Waals surface area contributed by atoms with Gasteiger partial charge in [-0.25, -0.2) is 9.97 Å². The lowest BCUT2D eigenvalue weighted by Crippen LogP contribution is -1.84. The normalized spacial score (nSPS) is 9.82. The van der Waals surface area contributed by atoms with E-state index in [9.17, 15) is 0 Å². The maximum Gasteiger partial charge on any atom is 0.152 e. The first-order valence-corrected chi connectivity index (χ1v) is 3.66. The van der Waals surface area contributed by atoms with Gasteiger partial charge in [0.05, 0.1) is 10.5 Å². The summed E-state index contributed by atoms with van der Waals surface area (Å²) in [7, 11) is 0. The minimum absolute atomic E-state index is 0.537. The summed E-state index contributed by atoms with van der Waals surface area (Å²) in [4.78, 5) is 7.84. The van der Waals surface area contributed by atoms with E-state index in [1.807, 2.05) is 6.07 Å². The van der Waals surface area contributed by atoms with Crippen LogP contribution in [0.5, 0.6) is 0 Å². The summed E-state index contributed by atoms with van der Waals surface area (Å²) in [6.45, 7) is 0. The number of hydrogen-bond acceptors (Lipinski definition) is 3. The third-order valence-electron chi connectivity index (χ3n) is 0.947. The van der Waals surface area contributed by atoms with Crippen LogP contribution in [0.1, 0.15) is 5.82 Å². The van der Waals surface area contributed by atoms with Gasteiger partial charge in [-0.2, -0.15) is 5.26 Å². The first-order valence-electron chi connectivity index (χ1n) is 2.86. The topological polar surface area (TPSA) is 49.6 Å². The van der Waals surface area contributed by atoms with Crippen molar-refractivity contribution in [1.29, 1.82) is 5.26 Å². The van der Waals surface area contributed by atoms with Crippen molar-refractivity contribution in [2.45, 2.75) is 0 Å². The van der Waals surface area contributed by atoms with Crippen molar-refractivity contribution in [1.82, 2.24) is 9.97 Å². The smallest absolute Gasteiger partial charge is 0.152 e. The van der Waals surface area contributed by atoms with Gasteiger partial charge in [0.2, 0.25) is 0 Å². The Morgan fingerprint density at radius 3 is 2.64 bits per heavy atom. The van der Waals surface area contributed by atoms with E-state index in [1.54, 1.807) is 18.5 Å². The van der Waals surface area contributed by atoms with Crippen LogP contribution >= 0.6 is 15.9 Å². The monoisotopic (exact) mass is 209 g/mol. The lowest BCUT2D eigenvalue weighted by atomic mass is 10.5. The fourth-order valence-electron chi connectivity index (χ4n) is 0.520. The van der Waals surface area contributed by atoms with Crippen LogP contribution in [0.3, 0.4) is 0 Å². The Balaban J connectivity index is 2.84. The fourth-order valence-corrected chi connectivity index (χ4v) is 0.725. The van der Waals surface area contributed by atoms with Crippen molar-refractivity contribution < 1.29 is 0 Å². The van der Waals surface area contributed by atoms with Crippen LogP contribution in [0.4, 0.5) is 0 Å². The molecule has 1 heterocycles. The largest absolute Gasteiger partial charge is 0.236 e. The zero-order chi connectivity index (χ0) is 8.10. The van der Waals surface area contributed by atoms with Gasteiger partial charge in [0.25, 0.3) is 0 Å². The second-order valence-electron chi connectivity index (χ2n) is 1.72. The van der Waals surface area contributed by atoms with Crippen LogP contribution in [0.2, 0.25) is 0 Å². The van der Waals surface area contributed by atoms with Crippen molar-refractivity contribution in [2.24, 2.45) is 0 Å². The van der Waals surface area contributed by atoms with E-state index in [0.29, 0.717) is 5.82 Å². The van der Waals surface area contributed by atoms with E-state index in [1.165, 1.54) is 6.08 Å². The molecule has 0 saturated carbocycles. The highest BCUT2D eigenvalue weighted by molar-refractivity contribution is 9.10. The average Bonchev–Trinajstić information content (AvgIpc) is 2.04. The number of aromatic nitrogens is 2. The first-order chi connectivity index (χ1) is 5.33. The van der Waals surface area contributed by atoms with Crippen molar-refractivity contribution >= 4 is 22.0 Å². The van der Waals surface area contributed by atoms with Gasteiger partial charge in [-0.3, -0.25) is 0 Å². The number of allylic oxidation sites excluding steroid dienone is 1. The zero-order valence-corrected chi connectivity index (χ0v) is 7.12. The van der Waals surface area contributed by atoms with Crippen molar-refractivity contribution in [3.8, 4) is 6.07 Å². The second-order valence-corrected chi connectivity index (χ2v) is 2.64. The molecule has 0 radical (unpaired) electrons. The third-order valence-corrected chi connectivity index (χ3v) is 1.36. The minimum Gasteiger partial charge on any atom is -0.236 e. The Bertz CT molecular complexity index is 296. The molecule has 0 amide bonds. The average molecular weight is 210 g/mol. The van der Waals surface area contributed by atoms with Crippen molar-refractivity contribution in [2.75, 3.05) is 0 Å². The maximum absolute atomic E-state index is 8.18. The standard InChI is InChI=1S/C7H4BrN3/c8-6-4-10-7(11-5-6)2-1-3-9/h1-2,4-5H. The first kappa shape index (κ1) is 7.89. The Morgan fingerprint density at radius 1 is 1.45 bits per heavy atom. The number of hydrogen-bond donors (Lipinski definition) is 0. The Hall–Kier alpha value is -1.21. The van der Waals surface area contributed by atoms with Crippen LogP contribution in [-0.4, -0.2) is 9.97 Å². The molecule has 1 rings (SSSR count). The van der Waals surface area contributed by atoms with Crippen molar-refractivity contribution in [3.05, 3.63) is 28.8 Å².